The van der Waals surface area contributed by atoms with Crippen molar-refractivity contribution >= 4 is 52.3 Å². The van der Waals surface area contributed by atoms with Crippen LogP contribution >= 0.6 is 35.0 Å². The minimum absolute atomic E-state index is 0.0987. The van der Waals surface area contributed by atoms with Crippen molar-refractivity contribution in [2.75, 3.05) is 4.90 Å². The Bertz CT molecular complexity index is 1110. The van der Waals surface area contributed by atoms with E-state index in [1.807, 2.05) is 18.2 Å². The van der Waals surface area contributed by atoms with Gasteiger partial charge < -0.3 is 0 Å². The molecule has 28 heavy (non-hydrogen) atoms. The lowest BCUT2D eigenvalue weighted by Crippen LogP contribution is -2.26. The van der Waals surface area contributed by atoms with Crippen LogP contribution in [0.2, 0.25) is 10.0 Å². The van der Waals surface area contributed by atoms with Crippen molar-refractivity contribution in [3.05, 3.63) is 105 Å². The Morgan fingerprint density at radius 2 is 1.64 bits per heavy atom. The molecule has 0 N–H and O–H groups in total. The van der Waals surface area contributed by atoms with Crippen molar-refractivity contribution in [1.29, 1.82) is 0 Å². The molecule has 0 unspecified atom stereocenters. The summed E-state index contributed by atoms with van der Waals surface area (Å²) < 4.78 is 0. The van der Waals surface area contributed by atoms with E-state index in [0.717, 1.165) is 4.90 Å². The molecule has 0 saturated carbocycles. The largest absolute Gasteiger partial charge is 0.288 e. The molecule has 0 aliphatic carbocycles. The number of allylic oxidation sites excluding steroid dienone is 1. The average Bonchev–Trinajstić information content (AvgIpc) is 3.02. The third kappa shape index (κ3) is 3.72. The fraction of sp³-hybridized carbons (Fsp3) is 0. The van der Waals surface area contributed by atoms with Gasteiger partial charge in [0.15, 0.2) is 0 Å². The summed E-state index contributed by atoms with van der Waals surface area (Å²) in [6.07, 6.45) is 1.58. The van der Waals surface area contributed by atoms with Crippen LogP contribution in [0, 0.1) is 0 Å². The van der Waals surface area contributed by atoms with E-state index < -0.39 is 0 Å². The van der Waals surface area contributed by atoms with E-state index >= 15 is 0 Å². The number of halogens is 2. The Morgan fingerprint density at radius 1 is 0.893 bits per heavy atom. The molecule has 1 amide bonds. The number of hydrogen-bond donors (Lipinski definition) is 0. The zero-order valence-corrected chi connectivity index (χ0v) is 16.8. The molecule has 0 atom stereocenters. The Balaban J connectivity index is 1.77. The second kappa shape index (κ2) is 7.84. The highest BCUT2D eigenvalue weighted by Crippen LogP contribution is 2.40. The maximum absolute atomic E-state index is 13.2. The molecular weight excluding hydrogens is 413 g/mol. The first-order valence-corrected chi connectivity index (χ1v) is 9.98. The molecule has 0 bridgehead atoms. The number of carbonyl (C=O) groups is 2. The topological polar surface area (TPSA) is 37.4 Å². The molecule has 138 valence electrons. The van der Waals surface area contributed by atoms with Crippen molar-refractivity contribution in [1.82, 2.24) is 0 Å². The van der Waals surface area contributed by atoms with Crippen LogP contribution < -0.4 is 4.90 Å². The lowest BCUT2D eigenvalue weighted by Gasteiger charge is -2.20. The lowest BCUT2D eigenvalue weighted by molar-refractivity contribution is 0.0997. The van der Waals surface area contributed by atoms with Gasteiger partial charge in [-0.2, -0.15) is 0 Å². The third-order valence-corrected chi connectivity index (χ3v) is 5.79. The van der Waals surface area contributed by atoms with Crippen LogP contribution in [0.1, 0.15) is 20.7 Å². The SMILES string of the molecule is O=C1/C(=C/N(C(=O)c2cccc(Cl)c2)c2ccc(Cl)cc2)Sc2ccccc21. The van der Waals surface area contributed by atoms with E-state index in [1.54, 1.807) is 60.8 Å². The quantitative estimate of drug-likeness (QED) is 0.451. The summed E-state index contributed by atoms with van der Waals surface area (Å²) in [5.74, 6) is -0.389. The van der Waals surface area contributed by atoms with Gasteiger partial charge in [-0.15, -0.1) is 0 Å². The number of anilines is 1. The predicted molar refractivity (Wildman–Crippen MR) is 114 cm³/mol. The van der Waals surface area contributed by atoms with Crippen LogP contribution in [0.4, 0.5) is 5.69 Å². The fourth-order valence-corrected chi connectivity index (χ4v) is 4.19. The molecule has 1 aliphatic heterocycles. The highest BCUT2D eigenvalue weighted by atomic mass is 35.5. The van der Waals surface area contributed by atoms with Crippen molar-refractivity contribution in [3.63, 3.8) is 0 Å². The Hall–Kier alpha value is -2.53. The van der Waals surface area contributed by atoms with E-state index in [1.165, 1.54) is 16.7 Å². The van der Waals surface area contributed by atoms with Crippen molar-refractivity contribution in [2.24, 2.45) is 0 Å². The first kappa shape index (κ1) is 18.8. The van der Waals surface area contributed by atoms with Crippen LogP contribution in [0.3, 0.4) is 0 Å². The summed E-state index contributed by atoms with van der Waals surface area (Å²) in [7, 11) is 0. The van der Waals surface area contributed by atoms with Crippen molar-refractivity contribution in [2.45, 2.75) is 4.90 Å². The second-order valence-corrected chi connectivity index (χ2v) is 8.04. The van der Waals surface area contributed by atoms with Gasteiger partial charge in [0.1, 0.15) is 0 Å². The molecule has 1 aliphatic rings. The molecule has 0 radical (unpaired) electrons. The molecule has 0 fully saturated rings. The van der Waals surface area contributed by atoms with Crippen molar-refractivity contribution < 1.29 is 9.59 Å². The summed E-state index contributed by atoms with van der Waals surface area (Å²) in [4.78, 5) is 28.8. The van der Waals surface area contributed by atoms with E-state index in [-0.39, 0.29) is 11.7 Å². The Morgan fingerprint density at radius 3 is 2.36 bits per heavy atom. The van der Waals surface area contributed by atoms with Gasteiger partial charge in [0.2, 0.25) is 5.78 Å². The first-order valence-electron chi connectivity index (χ1n) is 8.41. The smallest absolute Gasteiger partial charge is 0.262 e. The van der Waals surface area contributed by atoms with Crippen LogP contribution in [0.5, 0.6) is 0 Å². The van der Waals surface area contributed by atoms with Gasteiger partial charge in [0.25, 0.3) is 5.91 Å². The minimum Gasteiger partial charge on any atom is -0.288 e. The van der Waals surface area contributed by atoms with Crippen molar-refractivity contribution in [3.8, 4) is 0 Å². The van der Waals surface area contributed by atoms with Crippen LogP contribution in [0.15, 0.2) is 88.8 Å². The van der Waals surface area contributed by atoms with Gasteiger partial charge in [0, 0.05) is 38.0 Å². The summed E-state index contributed by atoms with van der Waals surface area (Å²) in [6.45, 7) is 0. The summed E-state index contributed by atoms with van der Waals surface area (Å²) in [5.41, 5.74) is 1.67. The van der Waals surface area contributed by atoms with Gasteiger partial charge in [-0.1, -0.05) is 53.2 Å². The Kier molecular flexibility index (Phi) is 5.27. The average molecular weight is 426 g/mol. The van der Waals surface area contributed by atoms with E-state index in [0.29, 0.717) is 31.8 Å². The van der Waals surface area contributed by atoms with Crippen LogP contribution in [-0.4, -0.2) is 11.7 Å². The molecule has 1 heterocycles. The van der Waals surface area contributed by atoms with Gasteiger partial charge in [-0.25, -0.2) is 0 Å². The number of ketones is 1. The zero-order chi connectivity index (χ0) is 19.7. The molecule has 4 rings (SSSR count). The standard InChI is InChI=1S/C22H13Cl2NO2S/c23-15-8-10-17(11-9-15)25(22(27)14-4-3-5-16(24)12-14)13-20-21(26)18-6-1-2-7-19(18)28-20/h1-13H/b20-13-. The summed E-state index contributed by atoms with van der Waals surface area (Å²) in [6, 6.07) is 21.0. The molecule has 3 aromatic carbocycles. The molecule has 0 spiro atoms. The number of hydrogen-bond acceptors (Lipinski definition) is 3. The van der Waals surface area contributed by atoms with Gasteiger partial charge in [-0.05, 0) is 54.6 Å². The fourth-order valence-electron chi connectivity index (χ4n) is 2.86. The monoisotopic (exact) mass is 425 g/mol. The predicted octanol–water partition coefficient (Wildman–Crippen LogP) is 6.47. The number of nitrogens with zero attached hydrogens (tertiary/aromatic N) is 1. The number of rotatable bonds is 3. The number of Topliss-reactive ketones (excluding diaryl/α,β-unsaturated/α-hetero) is 1. The molecule has 3 aromatic rings. The van der Waals surface area contributed by atoms with Gasteiger partial charge >= 0.3 is 0 Å². The number of thioether (sulfide) groups is 1. The number of carbonyl (C=O) groups excluding carboxylic acids is 2. The molecule has 0 saturated heterocycles. The van der Waals surface area contributed by atoms with E-state index in [2.05, 4.69) is 0 Å². The highest BCUT2D eigenvalue weighted by molar-refractivity contribution is 8.04. The third-order valence-electron chi connectivity index (χ3n) is 4.22. The normalized spacial score (nSPS) is 14.2. The lowest BCUT2D eigenvalue weighted by atomic mass is 10.1. The van der Waals surface area contributed by atoms with Crippen LogP contribution in [0.25, 0.3) is 0 Å². The maximum Gasteiger partial charge on any atom is 0.262 e. The highest BCUT2D eigenvalue weighted by Gasteiger charge is 2.27. The maximum atomic E-state index is 13.2. The van der Waals surface area contributed by atoms with Gasteiger partial charge in [0.05, 0.1) is 4.91 Å². The van der Waals surface area contributed by atoms with Crippen LogP contribution in [-0.2, 0) is 0 Å². The number of fused-ring (bicyclic) bond motifs is 1. The number of benzene rings is 3. The molecule has 0 aromatic heterocycles. The first-order chi connectivity index (χ1) is 13.5. The van der Waals surface area contributed by atoms with E-state index in [9.17, 15) is 9.59 Å². The Labute approximate surface area is 176 Å². The summed E-state index contributed by atoms with van der Waals surface area (Å²) >= 11 is 13.4. The minimum atomic E-state index is -0.290. The zero-order valence-electron chi connectivity index (χ0n) is 14.4. The van der Waals surface area contributed by atoms with Gasteiger partial charge in [-0.3, -0.25) is 14.5 Å². The second-order valence-electron chi connectivity index (χ2n) is 6.08. The number of amides is 1. The molecule has 3 nitrogen and oxygen atoms in total. The molecule has 6 heteroatoms. The summed E-state index contributed by atoms with van der Waals surface area (Å²) in [5, 5.41) is 1.03. The molecular formula is C22H13Cl2NO2S. The van der Waals surface area contributed by atoms with E-state index in [4.69, 9.17) is 23.2 Å².